The minimum absolute atomic E-state index is 0.0393. The second-order valence-electron chi connectivity index (χ2n) is 12.9. The van der Waals surface area contributed by atoms with E-state index in [1.165, 1.54) is 12.1 Å². The number of aliphatic imine (C=N–C) groups is 1. The number of carbonyl (C=O) groups excluding carboxylic acids is 4. The van der Waals surface area contributed by atoms with Gasteiger partial charge in [0, 0.05) is 64.3 Å². The molecule has 14 heteroatoms. The molecule has 0 fully saturated rings. The fourth-order valence-corrected chi connectivity index (χ4v) is 5.70. The van der Waals surface area contributed by atoms with Crippen molar-refractivity contribution >= 4 is 35.4 Å². The fraction of sp³-hybridized carbons (Fsp3) is 0.317. The number of carbonyl (C=O) groups is 4. The molecule has 0 bridgehead atoms. The Morgan fingerprint density at radius 3 is 2.04 bits per heavy atom. The van der Waals surface area contributed by atoms with E-state index in [1.807, 2.05) is 84.7 Å². The van der Waals surface area contributed by atoms with Crippen LogP contribution in [0.1, 0.15) is 54.7 Å². The van der Waals surface area contributed by atoms with E-state index in [9.17, 15) is 24.3 Å². The highest BCUT2D eigenvalue weighted by atomic mass is 16.3. The predicted molar refractivity (Wildman–Crippen MR) is 213 cm³/mol. The number of urea groups is 1. The lowest BCUT2D eigenvalue weighted by Crippen LogP contribution is -2.48. The largest absolute Gasteiger partial charge is 0.508 e. The minimum Gasteiger partial charge on any atom is -0.508 e. The number of hydrogen-bond acceptors (Lipinski definition) is 8. The summed E-state index contributed by atoms with van der Waals surface area (Å²) in [6.07, 6.45) is 5.77. The highest BCUT2D eigenvalue weighted by Gasteiger charge is 2.27. The number of hydrogen-bond donors (Lipinski definition) is 7. The molecule has 290 valence electrons. The van der Waals surface area contributed by atoms with E-state index in [2.05, 4.69) is 36.6 Å². The van der Waals surface area contributed by atoms with Gasteiger partial charge in [0.2, 0.25) is 17.7 Å². The Bertz CT molecular complexity index is 1770. The van der Waals surface area contributed by atoms with Crippen LogP contribution in [-0.2, 0) is 20.9 Å². The molecule has 0 aliphatic rings. The van der Waals surface area contributed by atoms with Crippen molar-refractivity contribution < 1.29 is 24.3 Å². The maximum Gasteiger partial charge on any atom is 0.321 e. The van der Waals surface area contributed by atoms with Crippen molar-refractivity contribution in [3.63, 3.8) is 0 Å². The molecule has 3 aromatic carbocycles. The molecule has 0 aliphatic carbocycles. The highest BCUT2D eigenvalue weighted by molar-refractivity contribution is 5.95. The van der Waals surface area contributed by atoms with Gasteiger partial charge in [-0.05, 0) is 66.6 Å². The Balaban J connectivity index is 1.21. The van der Waals surface area contributed by atoms with Gasteiger partial charge < -0.3 is 37.0 Å². The molecule has 55 heavy (non-hydrogen) atoms. The van der Waals surface area contributed by atoms with E-state index in [-0.39, 0.29) is 48.9 Å². The molecule has 0 saturated heterocycles. The summed E-state index contributed by atoms with van der Waals surface area (Å²) in [5.41, 5.74) is 9.31. The third-order valence-electron chi connectivity index (χ3n) is 8.73. The molecule has 8 N–H and O–H groups in total. The van der Waals surface area contributed by atoms with Crippen molar-refractivity contribution in [1.29, 1.82) is 0 Å². The SMILES string of the molecule is CN(CCC(=O)NCCCCNC(=O)NC(N)=NCCC[C@@H](NC(=O)C(c1ccccc1)c1ccccc1)C(=O)NCc1ccc(O)cc1)c1ccncc1. The Hall–Kier alpha value is -6.44. The third-order valence-corrected chi connectivity index (χ3v) is 8.73. The number of amides is 5. The number of pyridine rings is 1. The number of phenols is 1. The van der Waals surface area contributed by atoms with Crippen molar-refractivity contribution in [1.82, 2.24) is 31.6 Å². The van der Waals surface area contributed by atoms with Crippen LogP contribution in [0.3, 0.4) is 0 Å². The summed E-state index contributed by atoms with van der Waals surface area (Å²) < 4.78 is 0. The molecule has 0 spiro atoms. The molecular weight excluding hydrogens is 699 g/mol. The van der Waals surface area contributed by atoms with Crippen LogP contribution in [0.25, 0.3) is 0 Å². The molecular formula is C41H51N9O5. The van der Waals surface area contributed by atoms with Gasteiger partial charge in [-0.25, -0.2) is 4.79 Å². The summed E-state index contributed by atoms with van der Waals surface area (Å²) in [5.74, 6) is -1.33. The van der Waals surface area contributed by atoms with Gasteiger partial charge in [0.05, 0.1) is 5.92 Å². The van der Waals surface area contributed by atoms with Gasteiger partial charge in [-0.1, -0.05) is 72.8 Å². The Morgan fingerprint density at radius 2 is 1.40 bits per heavy atom. The van der Waals surface area contributed by atoms with Crippen molar-refractivity contribution in [2.75, 3.05) is 38.1 Å². The Labute approximate surface area is 322 Å². The standard InChI is InChI=1S/C41H51N9O5/c1-50(33-20-26-43-27-21-33)28-22-36(52)44-23-8-9-24-46-41(55)49-40(42)45-25-10-15-35(38(53)47-29-30-16-18-34(51)19-17-30)48-39(54)37(31-11-4-2-5-12-31)32-13-6-3-7-14-32/h2-7,11-14,16-21,26-27,35,37,51H,8-10,15,22-25,28-29H2,1H3,(H,44,52)(H,47,53)(H,48,54)(H4,42,45,46,49,55)/t35-/m1/s1. The average Bonchev–Trinajstić information content (AvgIpc) is 3.20. The first-order chi connectivity index (χ1) is 26.7. The van der Waals surface area contributed by atoms with E-state index in [0.717, 1.165) is 22.4 Å². The number of aromatic nitrogens is 1. The number of nitrogens with zero attached hydrogens (tertiary/aromatic N) is 3. The fourth-order valence-electron chi connectivity index (χ4n) is 5.70. The Morgan fingerprint density at radius 1 is 0.782 bits per heavy atom. The van der Waals surface area contributed by atoms with Crippen molar-refractivity contribution in [2.24, 2.45) is 10.7 Å². The third kappa shape index (κ3) is 14.8. The van der Waals surface area contributed by atoms with Gasteiger partial charge >= 0.3 is 6.03 Å². The number of rotatable bonds is 20. The zero-order valence-corrected chi connectivity index (χ0v) is 31.1. The lowest BCUT2D eigenvalue weighted by Gasteiger charge is -2.23. The summed E-state index contributed by atoms with van der Waals surface area (Å²) in [4.78, 5) is 62.1. The smallest absolute Gasteiger partial charge is 0.321 e. The Kier molecular flexibility index (Phi) is 17.0. The number of nitrogens with two attached hydrogens (primary N) is 1. The first kappa shape index (κ1) is 41.3. The maximum atomic E-state index is 13.9. The number of benzene rings is 3. The lowest BCUT2D eigenvalue weighted by molar-refractivity contribution is -0.129. The number of phenolic OH excluding ortho intramolecular Hbond substituents is 1. The quantitative estimate of drug-likeness (QED) is 0.0404. The zero-order chi connectivity index (χ0) is 39.3. The molecule has 0 unspecified atom stereocenters. The lowest BCUT2D eigenvalue weighted by atomic mass is 9.90. The molecule has 1 aromatic heterocycles. The van der Waals surface area contributed by atoms with Crippen molar-refractivity contribution in [3.05, 3.63) is 126 Å². The van der Waals surface area contributed by atoms with E-state index in [4.69, 9.17) is 5.73 Å². The van der Waals surface area contributed by atoms with E-state index in [0.29, 0.717) is 45.3 Å². The first-order valence-corrected chi connectivity index (χ1v) is 18.4. The topological polar surface area (TPSA) is 203 Å². The van der Waals surface area contributed by atoms with Crippen molar-refractivity contribution in [2.45, 2.75) is 50.6 Å². The summed E-state index contributed by atoms with van der Waals surface area (Å²) in [6, 6.07) is 27.6. The molecule has 1 heterocycles. The molecule has 14 nitrogen and oxygen atoms in total. The highest BCUT2D eigenvalue weighted by Crippen LogP contribution is 2.25. The van der Waals surface area contributed by atoms with Crippen LogP contribution < -0.4 is 37.2 Å². The second kappa shape index (κ2) is 22.6. The van der Waals surface area contributed by atoms with Gasteiger partial charge in [-0.2, -0.15) is 0 Å². The van der Waals surface area contributed by atoms with Gasteiger partial charge in [0.15, 0.2) is 5.96 Å². The second-order valence-corrected chi connectivity index (χ2v) is 12.9. The number of nitrogens with one attached hydrogen (secondary N) is 5. The van der Waals surface area contributed by atoms with Gasteiger partial charge in [-0.15, -0.1) is 0 Å². The molecule has 0 aliphatic heterocycles. The van der Waals surface area contributed by atoms with Crippen LogP contribution in [0.4, 0.5) is 10.5 Å². The van der Waals surface area contributed by atoms with E-state index >= 15 is 0 Å². The van der Waals surface area contributed by atoms with Gasteiger partial charge in [0.1, 0.15) is 11.8 Å². The van der Waals surface area contributed by atoms with Crippen LogP contribution in [0.5, 0.6) is 5.75 Å². The number of anilines is 1. The van der Waals surface area contributed by atoms with Crippen LogP contribution in [0.2, 0.25) is 0 Å². The van der Waals surface area contributed by atoms with Crippen LogP contribution in [0.15, 0.2) is 114 Å². The molecule has 4 rings (SSSR count). The molecule has 4 aromatic rings. The first-order valence-electron chi connectivity index (χ1n) is 18.4. The van der Waals surface area contributed by atoms with E-state index in [1.54, 1.807) is 24.5 Å². The monoisotopic (exact) mass is 749 g/mol. The molecule has 0 saturated carbocycles. The van der Waals surface area contributed by atoms with Crippen LogP contribution in [0, 0.1) is 0 Å². The van der Waals surface area contributed by atoms with E-state index < -0.39 is 18.0 Å². The number of unbranched alkanes of at least 4 members (excludes halogenated alkanes) is 1. The van der Waals surface area contributed by atoms with Gasteiger partial charge in [0.25, 0.3) is 0 Å². The number of aromatic hydroxyl groups is 1. The zero-order valence-electron chi connectivity index (χ0n) is 31.1. The molecule has 0 radical (unpaired) electrons. The van der Waals surface area contributed by atoms with Crippen LogP contribution in [-0.4, -0.2) is 79.1 Å². The molecule has 5 amide bonds. The molecule has 1 atom stereocenters. The normalized spacial score (nSPS) is 11.6. The average molecular weight is 750 g/mol. The summed E-state index contributed by atoms with van der Waals surface area (Å²) in [6.45, 7) is 1.87. The summed E-state index contributed by atoms with van der Waals surface area (Å²) in [5, 5.41) is 23.6. The van der Waals surface area contributed by atoms with Gasteiger partial charge in [-0.3, -0.25) is 29.7 Å². The van der Waals surface area contributed by atoms with Crippen molar-refractivity contribution in [3.8, 4) is 5.75 Å². The predicted octanol–water partition coefficient (Wildman–Crippen LogP) is 3.54. The summed E-state index contributed by atoms with van der Waals surface area (Å²) in [7, 11) is 1.92. The number of guanidine groups is 1. The van der Waals surface area contributed by atoms with Crippen LogP contribution >= 0.6 is 0 Å². The minimum atomic E-state index is -0.884. The maximum absolute atomic E-state index is 13.9. The summed E-state index contributed by atoms with van der Waals surface area (Å²) >= 11 is 0.